The summed E-state index contributed by atoms with van der Waals surface area (Å²) in [6.07, 6.45) is 7.92. The van der Waals surface area contributed by atoms with Gasteiger partial charge in [-0.1, -0.05) is 62.4 Å². The van der Waals surface area contributed by atoms with Crippen molar-refractivity contribution in [2.75, 3.05) is 37.7 Å². The summed E-state index contributed by atoms with van der Waals surface area (Å²) in [6, 6.07) is 16.3. The molecule has 0 bridgehead atoms. The standard InChI is InChI=1S/C33H39FN6O2/c1-24-31-32(39-18-8-17-38(19-20-39)30(41)23-42-22-26-11-6-3-7-12-26)35-29(21-25-9-4-2-5-10-25)36-33(31)40(37-24)28-15-13-27(34)14-16-28/h3,6-7,11-16,25H,2,4-5,8-10,17-23H2,1H3. The van der Waals surface area contributed by atoms with Gasteiger partial charge in [-0.2, -0.15) is 5.10 Å². The Labute approximate surface area is 246 Å². The molecule has 2 aromatic heterocycles. The molecular formula is C33H39FN6O2. The quantitative estimate of drug-likeness (QED) is 0.273. The third-order valence-electron chi connectivity index (χ3n) is 8.48. The van der Waals surface area contributed by atoms with Gasteiger partial charge in [-0.05, 0) is 49.1 Å². The first-order chi connectivity index (χ1) is 20.5. The lowest BCUT2D eigenvalue weighted by Gasteiger charge is -2.25. The molecule has 1 amide bonds. The van der Waals surface area contributed by atoms with Crippen molar-refractivity contribution in [2.24, 2.45) is 5.92 Å². The maximum absolute atomic E-state index is 13.7. The smallest absolute Gasteiger partial charge is 0.248 e. The molecule has 2 fully saturated rings. The normalized spacial score (nSPS) is 16.6. The lowest BCUT2D eigenvalue weighted by atomic mass is 9.87. The van der Waals surface area contributed by atoms with Crippen LogP contribution in [0.2, 0.25) is 0 Å². The number of hydrogen-bond acceptors (Lipinski definition) is 6. The van der Waals surface area contributed by atoms with Crippen molar-refractivity contribution in [3.8, 4) is 5.69 Å². The van der Waals surface area contributed by atoms with Gasteiger partial charge in [0.1, 0.15) is 24.1 Å². The Kier molecular flexibility index (Phi) is 8.74. The minimum Gasteiger partial charge on any atom is -0.367 e. The molecule has 6 rings (SSSR count). The molecule has 1 saturated carbocycles. The third-order valence-corrected chi connectivity index (χ3v) is 8.48. The second kappa shape index (κ2) is 13.0. The first kappa shape index (κ1) is 28.3. The summed E-state index contributed by atoms with van der Waals surface area (Å²) < 4.78 is 21.3. The molecule has 9 heteroatoms. The number of hydrogen-bond donors (Lipinski definition) is 0. The molecule has 0 atom stereocenters. The van der Waals surface area contributed by atoms with Gasteiger partial charge in [0.15, 0.2) is 5.65 Å². The maximum Gasteiger partial charge on any atom is 0.248 e. The van der Waals surface area contributed by atoms with Gasteiger partial charge in [-0.15, -0.1) is 0 Å². The van der Waals surface area contributed by atoms with Crippen LogP contribution >= 0.6 is 0 Å². The van der Waals surface area contributed by atoms with E-state index >= 15 is 0 Å². The highest BCUT2D eigenvalue weighted by molar-refractivity contribution is 5.91. The van der Waals surface area contributed by atoms with Gasteiger partial charge >= 0.3 is 0 Å². The van der Waals surface area contributed by atoms with E-state index in [9.17, 15) is 9.18 Å². The monoisotopic (exact) mass is 570 g/mol. The third kappa shape index (κ3) is 6.46. The largest absolute Gasteiger partial charge is 0.367 e. The van der Waals surface area contributed by atoms with Crippen LogP contribution in [0.1, 0.15) is 55.6 Å². The molecule has 2 aliphatic rings. The number of amides is 1. The zero-order valence-corrected chi connectivity index (χ0v) is 24.3. The number of fused-ring (bicyclic) bond motifs is 1. The molecule has 1 aliphatic carbocycles. The molecule has 4 aromatic rings. The Hall–Kier alpha value is -3.85. The average Bonchev–Trinajstić information content (AvgIpc) is 3.17. The fourth-order valence-corrected chi connectivity index (χ4v) is 6.24. The van der Waals surface area contributed by atoms with E-state index in [-0.39, 0.29) is 18.3 Å². The van der Waals surface area contributed by atoms with Crippen molar-refractivity contribution in [3.05, 3.63) is 77.5 Å². The molecule has 0 unspecified atom stereocenters. The summed E-state index contributed by atoms with van der Waals surface area (Å²) in [4.78, 5) is 27.4. The van der Waals surface area contributed by atoms with E-state index in [0.717, 1.165) is 59.0 Å². The summed E-state index contributed by atoms with van der Waals surface area (Å²) in [5.41, 5.74) is 3.41. The van der Waals surface area contributed by atoms with Gasteiger partial charge in [-0.25, -0.2) is 19.0 Å². The molecule has 1 aliphatic heterocycles. The Morgan fingerprint density at radius 2 is 1.71 bits per heavy atom. The highest BCUT2D eigenvalue weighted by Crippen LogP contribution is 2.32. The number of halogens is 1. The van der Waals surface area contributed by atoms with Crippen molar-refractivity contribution in [2.45, 2.75) is 58.5 Å². The van der Waals surface area contributed by atoms with Gasteiger partial charge in [0.05, 0.1) is 23.4 Å². The van der Waals surface area contributed by atoms with Crippen molar-refractivity contribution in [3.63, 3.8) is 0 Å². The fourth-order valence-electron chi connectivity index (χ4n) is 6.24. The second-order valence-electron chi connectivity index (χ2n) is 11.5. The van der Waals surface area contributed by atoms with Gasteiger partial charge in [-0.3, -0.25) is 4.79 Å². The number of nitrogens with zero attached hydrogens (tertiary/aromatic N) is 6. The van der Waals surface area contributed by atoms with Crippen LogP contribution in [-0.2, 0) is 22.6 Å². The van der Waals surface area contributed by atoms with E-state index < -0.39 is 0 Å². The Morgan fingerprint density at radius 3 is 2.50 bits per heavy atom. The molecule has 8 nitrogen and oxygen atoms in total. The van der Waals surface area contributed by atoms with Crippen LogP contribution in [0, 0.1) is 18.7 Å². The Bertz CT molecular complexity index is 1500. The first-order valence-electron chi connectivity index (χ1n) is 15.2. The molecule has 0 radical (unpaired) electrons. The number of rotatable bonds is 8. The van der Waals surface area contributed by atoms with Crippen LogP contribution in [0.15, 0.2) is 54.6 Å². The summed E-state index contributed by atoms with van der Waals surface area (Å²) >= 11 is 0. The van der Waals surface area contributed by atoms with Crippen LogP contribution in [0.5, 0.6) is 0 Å². The second-order valence-corrected chi connectivity index (χ2v) is 11.5. The molecule has 42 heavy (non-hydrogen) atoms. The average molecular weight is 571 g/mol. The van der Waals surface area contributed by atoms with Crippen LogP contribution in [-0.4, -0.2) is 63.3 Å². The summed E-state index contributed by atoms with van der Waals surface area (Å²) in [7, 11) is 0. The predicted molar refractivity (Wildman–Crippen MR) is 161 cm³/mol. The van der Waals surface area contributed by atoms with E-state index in [4.69, 9.17) is 19.8 Å². The van der Waals surface area contributed by atoms with Crippen molar-refractivity contribution in [1.82, 2.24) is 24.6 Å². The van der Waals surface area contributed by atoms with Gasteiger partial charge < -0.3 is 14.5 Å². The number of carbonyl (C=O) groups excluding carboxylic acids is 1. The number of benzene rings is 2. The molecule has 3 heterocycles. The maximum atomic E-state index is 13.7. The van der Waals surface area contributed by atoms with Crippen molar-refractivity contribution < 1.29 is 13.9 Å². The highest BCUT2D eigenvalue weighted by Gasteiger charge is 2.26. The number of aryl methyl sites for hydroxylation is 1. The predicted octanol–water partition coefficient (Wildman–Crippen LogP) is 5.64. The molecule has 2 aromatic carbocycles. The van der Waals surface area contributed by atoms with Crippen molar-refractivity contribution in [1.29, 1.82) is 0 Å². The van der Waals surface area contributed by atoms with Gasteiger partial charge in [0.25, 0.3) is 0 Å². The number of aromatic nitrogens is 4. The summed E-state index contributed by atoms with van der Waals surface area (Å²) in [5, 5.41) is 5.76. The zero-order valence-electron chi connectivity index (χ0n) is 24.3. The lowest BCUT2D eigenvalue weighted by Crippen LogP contribution is -2.37. The van der Waals surface area contributed by atoms with E-state index in [1.54, 1.807) is 12.1 Å². The summed E-state index contributed by atoms with van der Waals surface area (Å²) in [5.74, 6) is 2.03. The lowest BCUT2D eigenvalue weighted by molar-refractivity contribution is -0.136. The minimum atomic E-state index is -0.283. The number of anilines is 1. The molecule has 0 spiro atoms. The van der Waals surface area contributed by atoms with E-state index in [1.165, 1.54) is 44.2 Å². The van der Waals surface area contributed by atoms with Crippen LogP contribution in [0.3, 0.4) is 0 Å². The van der Waals surface area contributed by atoms with Crippen molar-refractivity contribution >= 4 is 22.8 Å². The van der Waals surface area contributed by atoms with Gasteiger partial charge in [0, 0.05) is 32.6 Å². The van der Waals surface area contributed by atoms with E-state index in [2.05, 4.69) is 4.90 Å². The minimum absolute atomic E-state index is 0.0129. The van der Waals surface area contributed by atoms with Crippen LogP contribution < -0.4 is 4.90 Å². The summed E-state index contributed by atoms with van der Waals surface area (Å²) in [6.45, 7) is 5.20. The number of ether oxygens (including phenoxy) is 1. The Balaban J connectivity index is 1.24. The molecular weight excluding hydrogens is 531 g/mol. The van der Waals surface area contributed by atoms with E-state index in [1.807, 2.05) is 46.8 Å². The molecule has 0 N–H and O–H groups in total. The topological polar surface area (TPSA) is 76.4 Å². The zero-order chi connectivity index (χ0) is 28.9. The van der Waals surface area contributed by atoms with Gasteiger partial charge in [0.2, 0.25) is 5.91 Å². The van der Waals surface area contributed by atoms with Crippen LogP contribution in [0.25, 0.3) is 16.7 Å². The number of carbonyl (C=O) groups is 1. The highest BCUT2D eigenvalue weighted by atomic mass is 19.1. The molecule has 1 saturated heterocycles. The van der Waals surface area contributed by atoms with Crippen LogP contribution in [0.4, 0.5) is 10.2 Å². The Morgan fingerprint density at radius 1 is 0.929 bits per heavy atom. The first-order valence-corrected chi connectivity index (χ1v) is 15.2. The SMILES string of the molecule is Cc1nn(-c2ccc(F)cc2)c2nc(CC3CCCCC3)nc(N3CCCN(C(=O)COCc4ccccc4)CC3)c12. The molecule has 220 valence electrons. The fraction of sp³-hybridized carbons (Fsp3) is 0.455. The van der Waals surface area contributed by atoms with E-state index in [0.29, 0.717) is 32.2 Å².